The van der Waals surface area contributed by atoms with Gasteiger partial charge in [-0.1, -0.05) is 24.1 Å². The third kappa shape index (κ3) is 6.23. The molecule has 3 N–H and O–H groups in total. The topological polar surface area (TPSA) is 73.7 Å². The highest BCUT2D eigenvalue weighted by Crippen LogP contribution is 2.11. The van der Waals surface area contributed by atoms with E-state index in [4.69, 9.17) is 10.1 Å². The lowest BCUT2D eigenvalue weighted by Gasteiger charge is -2.24. The summed E-state index contributed by atoms with van der Waals surface area (Å²) in [5.41, 5.74) is 2.31. The van der Waals surface area contributed by atoms with Gasteiger partial charge in [0, 0.05) is 17.7 Å². The predicted octanol–water partition coefficient (Wildman–Crippen LogP) is 2.80. The third-order valence-corrected chi connectivity index (χ3v) is 4.02. The van der Waals surface area contributed by atoms with Gasteiger partial charge in [0.2, 0.25) is 0 Å². The maximum absolute atomic E-state index is 10.7. The minimum Gasteiger partial charge on any atom is -0.478 e. The van der Waals surface area contributed by atoms with Crippen LogP contribution in [0.1, 0.15) is 37.8 Å². The molecule has 0 spiro atoms. The molecule has 136 valence electrons. The second kappa shape index (κ2) is 10.2. The van der Waals surface area contributed by atoms with Crippen molar-refractivity contribution in [2.75, 3.05) is 13.1 Å². The number of carboxylic acid groups (broad SMARTS) is 1. The average molecular weight is 351 g/mol. The Hall–Kier alpha value is -2.84. The molecule has 0 amide bonds. The van der Waals surface area contributed by atoms with Gasteiger partial charge in [-0.3, -0.25) is 0 Å². The minimum atomic E-state index is -0.972. The molecule has 1 aliphatic rings. The molecule has 1 aromatic carbocycles. The van der Waals surface area contributed by atoms with Crippen LogP contribution in [0.5, 0.6) is 0 Å². The first-order valence-corrected chi connectivity index (χ1v) is 8.79. The molecule has 26 heavy (non-hydrogen) atoms. The lowest BCUT2D eigenvalue weighted by atomic mass is 10.1. The van der Waals surface area contributed by atoms with E-state index in [-0.39, 0.29) is 0 Å². The fourth-order valence-electron chi connectivity index (χ4n) is 2.72. The number of nitrogens with zero attached hydrogens (tertiary/aromatic N) is 1. The Morgan fingerprint density at radius 3 is 2.81 bits per heavy atom. The van der Waals surface area contributed by atoms with E-state index < -0.39 is 5.97 Å². The molecule has 1 fully saturated rings. The lowest BCUT2D eigenvalue weighted by molar-refractivity contribution is -0.131. The average Bonchev–Trinajstić information content (AvgIpc) is 2.66. The van der Waals surface area contributed by atoms with Crippen LogP contribution in [-0.4, -0.2) is 35.9 Å². The molecule has 2 rings (SSSR count). The Morgan fingerprint density at radius 1 is 1.38 bits per heavy atom. The smallest absolute Gasteiger partial charge is 0.328 e. The van der Waals surface area contributed by atoms with Crippen molar-refractivity contribution in [3.63, 3.8) is 0 Å². The summed E-state index contributed by atoms with van der Waals surface area (Å²) in [5, 5.41) is 15.6. The van der Waals surface area contributed by atoms with Crippen molar-refractivity contribution in [1.29, 1.82) is 0 Å². The first kappa shape index (κ1) is 19.5. The molecule has 5 heteroatoms. The number of carbonyl (C=O) groups is 1. The quantitative estimate of drug-likeness (QED) is 0.419. The molecule has 0 atom stereocenters. The Balaban J connectivity index is 2.25. The van der Waals surface area contributed by atoms with Crippen molar-refractivity contribution in [3.8, 4) is 11.8 Å². The van der Waals surface area contributed by atoms with Gasteiger partial charge in [0.15, 0.2) is 0 Å². The Kier molecular flexibility index (Phi) is 7.66. The van der Waals surface area contributed by atoms with Gasteiger partial charge in [-0.2, -0.15) is 0 Å². The second-order valence-corrected chi connectivity index (χ2v) is 5.97. The van der Waals surface area contributed by atoms with E-state index in [2.05, 4.69) is 22.5 Å². The number of allylic oxidation sites excluding steroid dienone is 1. The van der Waals surface area contributed by atoms with Gasteiger partial charge in [0.1, 0.15) is 11.5 Å². The number of rotatable bonds is 6. The molecule has 1 aliphatic heterocycles. The zero-order valence-corrected chi connectivity index (χ0v) is 15.2. The van der Waals surface area contributed by atoms with Gasteiger partial charge in [0.25, 0.3) is 0 Å². The van der Waals surface area contributed by atoms with Crippen LogP contribution in [0.15, 0.2) is 47.2 Å². The van der Waals surface area contributed by atoms with Crippen molar-refractivity contribution < 1.29 is 9.90 Å². The zero-order valence-electron chi connectivity index (χ0n) is 15.2. The van der Waals surface area contributed by atoms with Crippen LogP contribution in [0.25, 0.3) is 6.08 Å². The minimum absolute atomic E-state index is 0.409. The SMILES string of the molecule is CC#CC(=N/C(=C\C)NC1CCNCC1)c1cccc(/C=C/C(=O)O)c1. The molecule has 1 heterocycles. The van der Waals surface area contributed by atoms with E-state index >= 15 is 0 Å². The van der Waals surface area contributed by atoms with Gasteiger partial charge < -0.3 is 15.7 Å². The number of hydrogen-bond donors (Lipinski definition) is 3. The normalized spacial score (nSPS) is 16.2. The standard InChI is InChI=1S/C21H25N3O2/c1-3-6-19(17-8-5-7-16(15-17)9-10-21(25)26)24-20(4-2)23-18-11-13-22-14-12-18/h4-5,7-10,15,18,22-23H,11-14H2,1-2H3,(H,25,26)/b10-9+,20-4-,24-19?. The van der Waals surface area contributed by atoms with E-state index in [0.717, 1.165) is 49.0 Å². The van der Waals surface area contributed by atoms with E-state index in [0.29, 0.717) is 11.8 Å². The van der Waals surface area contributed by atoms with Crippen LogP contribution in [0.4, 0.5) is 0 Å². The van der Waals surface area contributed by atoms with Crippen molar-refractivity contribution in [2.24, 2.45) is 4.99 Å². The number of nitrogens with one attached hydrogen (secondary N) is 2. The summed E-state index contributed by atoms with van der Waals surface area (Å²) >= 11 is 0. The highest BCUT2D eigenvalue weighted by Gasteiger charge is 2.13. The summed E-state index contributed by atoms with van der Waals surface area (Å²) in [7, 11) is 0. The van der Waals surface area contributed by atoms with E-state index in [1.165, 1.54) is 0 Å². The molecule has 0 saturated carbocycles. The van der Waals surface area contributed by atoms with Gasteiger partial charge in [-0.25, -0.2) is 9.79 Å². The lowest BCUT2D eigenvalue weighted by Crippen LogP contribution is -2.39. The number of hydrogen-bond acceptors (Lipinski definition) is 4. The van der Waals surface area contributed by atoms with Crippen molar-refractivity contribution in [3.05, 3.63) is 53.4 Å². The Morgan fingerprint density at radius 2 is 2.15 bits per heavy atom. The van der Waals surface area contributed by atoms with Gasteiger partial charge >= 0.3 is 5.97 Å². The highest BCUT2D eigenvalue weighted by atomic mass is 16.4. The molecule has 0 bridgehead atoms. The Labute approximate surface area is 154 Å². The van der Waals surface area contributed by atoms with Crippen molar-refractivity contribution >= 4 is 17.8 Å². The molecule has 1 saturated heterocycles. The predicted molar refractivity (Wildman–Crippen MR) is 106 cm³/mol. The number of benzene rings is 1. The molecule has 0 radical (unpaired) electrons. The fourth-order valence-corrected chi connectivity index (χ4v) is 2.72. The van der Waals surface area contributed by atoms with E-state index in [1.54, 1.807) is 13.0 Å². The van der Waals surface area contributed by atoms with Crippen LogP contribution >= 0.6 is 0 Å². The number of carboxylic acids is 1. The largest absolute Gasteiger partial charge is 0.478 e. The molecule has 0 aromatic heterocycles. The first-order valence-electron chi connectivity index (χ1n) is 8.79. The van der Waals surface area contributed by atoms with Gasteiger partial charge in [-0.15, -0.1) is 0 Å². The number of aliphatic carboxylic acids is 1. The molecule has 0 unspecified atom stereocenters. The molecule has 0 aliphatic carbocycles. The van der Waals surface area contributed by atoms with Crippen LogP contribution < -0.4 is 10.6 Å². The summed E-state index contributed by atoms with van der Waals surface area (Å²) in [4.78, 5) is 15.4. The van der Waals surface area contributed by atoms with Crippen LogP contribution in [0.3, 0.4) is 0 Å². The van der Waals surface area contributed by atoms with Gasteiger partial charge in [0.05, 0.1) is 0 Å². The fraction of sp³-hybridized carbons (Fsp3) is 0.333. The molecular formula is C21H25N3O2. The molecule has 1 aromatic rings. The second-order valence-electron chi connectivity index (χ2n) is 5.97. The molecular weight excluding hydrogens is 326 g/mol. The van der Waals surface area contributed by atoms with Gasteiger partial charge in [-0.05, 0) is 69.5 Å². The monoisotopic (exact) mass is 351 g/mol. The summed E-state index contributed by atoms with van der Waals surface area (Å²) in [6.07, 6.45) is 6.77. The van der Waals surface area contributed by atoms with Crippen LogP contribution in [0, 0.1) is 11.8 Å². The Bertz CT molecular complexity index is 776. The van der Waals surface area contributed by atoms with Crippen LogP contribution in [0.2, 0.25) is 0 Å². The summed E-state index contributed by atoms with van der Waals surface area (Å²) in [5.74, 6) is 5.80. The maximum Gasteiger partial charge on any atom is 0.328 e. The summed E-state index contributed by atoms with van der Waals surface area (Å²) in [6, 6.07) is 7.95. The van der Waals surface area contributed by atoms with E-state index in [9.17, 15) is 4.79 Å². The van der Waals surface area contributed by atoms with Crippen molar-refractivity contribution in [1.82, 2.24) is 10.6 Å². The maximum atomic E-state index is 10.7. The summed E-state index contributed by atoms with van der Waals surface area (Å²) < 4.78 is 0. The van der Waals surface area contributed by atoms with E-state index in [1.807, 2.05) is 37.3 Å². The van der Waals surface area contributed by atoms with Crippen LogP contribution in [-0.2, 0) is 4.79 Å². The van der Waals surface area contributed by atoms with Crippen molar-refractivity contribution in [2.45, 2.75) is 32.7 Å². The number of aliphatic imine (C=N–C) groups is 1. The third-order valence-electron chi connectivity index (χ3n) is 4.02. The highest BCUT2D eigenvalue weighted by molar-refractivity contribution is 6.13. The molecule has 5 nitrogen and oxygen atoms in total. The zero-order chi connectivity index (χ0) is 18.8. The summed E-state index contributed by atoms with van der Waals surface area (Å²) in [6.45, 7) is 5.76. The first-order chi connectivity index (χ1) is 12.6. The number of piperidine rings is 1.